The second-order valence-electron chi connectivity index (χ2n) is 7.31. The lowest BCUT2D eigenvalue weighted by Gasteiger charge is -2.32. The van der Waals surface area contributed by atoms with Crippen LogP contribution >= 0.6 is 0 Å². The number of carbonyl (C=O) groups excluding carboxylic acids is 1. The van der Waals surface area contributed by atoms with E-state index in [2.05, 4.69) is 5.32 Å². The van der Waals surface area contributed by atoms with E-state index >= 15 is 0 Å². The molecule has 7 atom stereocenters. The number of methoxy groups -OCH3 is 1. The zero-order valence-electron chi connectivity index (χ0n) is 13.1. The molecule has 1 aromatic carbocycles. The molecule has 1 amide bonds. The zero-order valence-corrected chi connectivity index (χ0v) is 13.1. The topological polar surface area (TPSA) is 60.1 Å². The van der Waals surface area contributed by atoms with Crippen molar-refractivity contribution in [2.45, 2.75) is 37.6 Å². The number of amides is 1. The Morgan fingerprint density at radius 1 is 1.17 bits per heavy atom. The standard InChI is InChI=1S/C18H21NO4/c1-21-11-4-2-10(3-5-11)19-18(20)23-14-7-9-6-12(14)13-8-15-17(22-15)16(9)13/h2-5,9,12-17H,6-8H2,1H3,(H,19,20)/t9-,12+,13+,14-,15+,16+,17-/m0/s1. The van der Waals surface area contributed by atoms with Crippen molar-refractivity contribution in [3.63, 3.8) is 0 Å². The van der Waals surface area contributed by atoms with Crippen LogP contribution in [0.1, 0.15) is 19.3 Å². The Bertz CT molecular complexity index is 630. The van der Waals surface area contributed by atoms with Gasteiger partial charge in [-0.2, -0.15) is 0 Å². The molecule has 0 unspecified atom stereocenters. The highest BCUT2D eigenvalue weighted by Gasteiger charge is 2.67. The summed E-state index contributed by atoms with van der Waals surface area (Å²) in [5.74, 6) is 3.47. The molecule has 1 aliphatic heterocycles. The molecule has 4 aliphatic rings. The van der Waals surface area contributed by atoms with E-state index in [-0.39, 0.29) is 12.2 Å². The van der Waals surface area contributed by atoms with Gasteiger partial charge in [-0.05, 0) is 67.2 Å². The molecule has 23 heavy (non-hydrogen) atoms. The van der Waals surface area contributed by atoms with Gasteiger partial charge in [-0.25, -0.2) is 4.79 Å². The third kappa shape index (κ3) is 2.13. The molecule has 3 saturated carbocycles. The first-order valence-corrected chi connectivity index (χ1v) is 8.50. The first kappa shape index (κ1) is 13.7. The molecular formula is C18H21NO4. The molecule has 3 aliphatic carbocycles. The normalized spacial score (nSPS) is 42.0. The van der Waals surface area contributed by atoms with Crippen LogP contribution in [0.2, 0.25) is 0 Å². The van der Waals surface area contributed by atoms with Gasteiger partial charge in [0.05, 0.1) is 19.3 Å². The van der Waals surface area contributed by atoms with Crippen molar-refractivity contribution in [3.8, 4) is 5.75 Å². The van der Waals surface area contributed by atoms with Crippen molar-refractivity contribution in [1.29, 1.82) is 0 Å². The minimum atomic E-state index is -0.344. The van der Waals surface area contributed by atoms with Crippen molar-refractivity contribution in [3.05, 3.63) is 24.3 Å². The summed E-state index contributed by atoms with van der Waals surface area (Å²) in [5.41, 5.74) is 0.729. The van der Waals surface area contributed by atoms with Crippen LogP contribution in [0.15, 0.2) is 24.3 Å². The highest BCUT2D eigenvalue weighted by Crippen LogP contribution is 2.64. The monoisotopic (exact) mass is 315 g/mol. The average Bonchev–Trinajstić information content (AvgIpc) is 2.92. The number of rotatable bonds is 3. The van der Waals surface area contributed by atoms with Crippen LogP contribution in [0.5, 0.6) is 5.75 Å². The lowest BCUT2D eigenvalue weighted by molar-refractivity contribution is 0.0251. The van der Waals surface area contributed by atoms with Gasteiger partial charge in [0.15, 0.2) is 0 Å². The molecule has 5 heteroatoms. The third-order valence-corrected chi connectivity index (χ3v) is 6.28. The second-order valence-corrected chi connectivity index (χ2v) is 7.31. The number of hydrogen-bond donors (Lipinski definition) is 1. The first-order valence-electron chi connectivity index (χ1n) is 8.50. The Balaban J connectivity index is 1.20. The number of hydrogen-bond acceptors (Lipinski definition) is 4. The fourth-order valence-electron chi connectivity index (χ4n) is 5.36. The molecule has 2 bridgehead atoms. The van der Waals surface area contributed by atoms with Crippen LogP contribution in [0.4, 0.5) is 10.5 Å². The molecule has 0 spiro atoms. The number of fused-ring (bicyclic) bond motifs is 7. The number of carbonyl (C=O) groups is 1. The van der Waals surface area contributed by atoms with Crippen molar-refractivity contribution >= 4 is 11.8 Å². The highest BCUT2D eigenvalue weighted by atomic mass is 16.6. The summed E-state index contributed by atoms with van der Waals surface area (Å²) in [5, 5.41) is 2.82. The fraction of sp³-hybridized carbons (Fsp3) is 0.611. The van der Waals surface area contributed by atoms with Crippen molar-refractivity contribution in [1.82, 2.24) is 0 Å². The number of ether oxygens (including phenoxy) is 3. The first-order chi connectivity index (χ1) is 11.2. The van der Waals surface area contributed by atoms with E-state index in [9.17, 15) is 4.79 Å². The number of benzene rings is 1. The lowest BCUT2D eigenvalue weighted by atomic mass is 9.79. The minimum absolute atomic E-state index is 0.0806. The van der Waals surface area contributed by atoms with E-state index in [1.165, 1.54) is 12.8 Å². The zero-order chi connectivity index (χ0) is 15.6. The SMILES string of the molecule is COc1ccc(NC(=O)O[C@H]2C[C@@H]3C[C@@H]2[C@H]2C[C@H]4O[C@@H]4[C@H]32)cc1. The molecule has 122 valence electrons. The summed E-state index contributed by atoms with van der Waals surface area (Å²) in [6.07, 6.45) is 4.18. The maximum Gasteiger partial charge on any atom is 0.411 e. The Hall–Kier alpha value is -1.75. The van der Waals surface area contributed by atoms with Crippen LogP contribution in [-0.4, -0.2) is 31.5 Å². The second kappa shape index (κ2) is 4.87. The summed E-state index contributed by atoms with van der Waals surface area (Å²) < 4.78 is 16.6. The Morgan fingerprint density at radius 3 is 2.78 bits per heavy atom. The van der Waals surface area contributed by atoms with Gasteiger partial charge in [0, 0.05) is 5.69 Å². The molecule has 5 nitrogen and oxygen atoms in total. The Labute approximate surface area is 135 Å². The fourth-order valence-corrected chi connectivity index (χ4v) is 5.36. The van der Waals surface area contributed by atoms with Crippen LogP contribution in [-0.2, 0) is 9.47 Å². The summed E-state index contributed by atoms with van der Waals surface area (Å²) >= 11 is 0. The maximum atomic E-state index is 12.2. The number of anilines is 1. The number of nitrogens with one attached hydrogen (secondary N) is 1. The van der Waals surface area contributed by atoms with Gasteiger partial charge in [0.2, 0.25) is 0 Å². The Morgan fingerprint density at radius 2 is 2.00 bits per heavy atom. The van der Waals surface area contributed by atoms with Gasteiger partial charge in [-0.1, -0.05) is 0 Å². The maximum absolute atomic E-state index is 12.2. The summed E-state index contributed by atoms with van der Waals surface area (Å²) in [6, 6.07) is 7.28. The van der Waals surface area contributed by atoms with E-state index in [1.807, 2.05) is 24.3 Å². The van der Waals surface area contributed by atoms with Gasteiger partial charge < -0.3 is 14.2 Å². The molecule has 1 aromatic rings. The van der Waals surface area contributed by atoms with E-state index in [0.29, 0.717) is 24.0 Å². The van der Waals surface area contributed by atoms with Gasteiger partial charge in [0.25, 0.3) is 0 Å². The molecule has 5 rings (SSSR count). The van der Waals surface area contributed by atoms with Gasteiger partial charge in [-0.3, -0.25) is 5.32 Å². The molecule has 1 heterocycles. The van der Waals surface area contributed by atoms with Gasteiger partial charge >= 0.3 is 6.09 Å². The molecule has 1 saturated heterocycles. The predicted octanol–water partition coefficient (Wildman–Crippen LogP) is 3.06. The largest absolute Gasteiger partial charge is 0.497 e. The molecule has 4 fully saturated rings. The molecule has 1 N–H and O–H groups in total. The number of epoxide rings is 1. The van der Waals surface area contributed by atoms with E-state index in [4.69, 9.17) is 14.2 Å². The molecule has 0 radical (unpaired) electrons. The molecule has 0 aromatic heterocycles. The van der Waals surface area contributed by atoms with Crippen molar-refractivity contribution in [2.75, 3.05) is 12.4 Å². The van der Waals surface area contributed by atoms with E-state index in [1.54, 1.807) is 7.11 Å². The van der Waals surface area contributed by atoms with Crippen LogP contribution in [0.3, 0.4) is 0 Å². The summed E-state index contributed by atoms with van der Waals surface area (Å²) in [4.78, 5) is 12.2. The van der Waals surface area contributed by atoms with Crippen LogP contribution in [0.25, 0.3) is 0 Å². The molecular weight excluding hydrogens is 294 g/mol. The van der Waals surface area contributed by atoms with Crippen LogP contribution in [0, 0.1) is 23.7 Å². The third-order valence-electron chi connectivity index (χ3n) is 6.28. The van der Waals surface area contributed by atoms with Gasteiger partial charge in [-0.15, -0.1) is 0 Å². The summed E-state index contributed by atoms with van der Waals surface area (Å²) in [7, 11) is 1.62. The van der Waals surface area contributed by atoms with Gasteiger partial charge in [0.1, 0.15) is 11.9 Å². The summed E-state index contributed by atoms with van der Waals surface area (Å²) in [6.45, 7) is 0. The Kier molecular flexibility index (Phi) is 2.89. The van der Waals surface area contributed by atoms with E-state index in [0.717, 1.165) is 29.7 Å². The minimum Gasteiger partial charge on any atom is -0.497 e. The van der Waals surface area contributed by atoms with E-state index < -0.39 is 0 Å². The van der Waals surface area contributed by atoms with Crippen LogP contribution < -0.4 is 10.1 Å². The average molecular weight is 315 g/mol. The quantitative estimate of drug-likeness (QED) is 0.871. The highest BCUT2D eigenvalue weighted by molar-refractivity contribution is 5.84. The van der Waals surface area contributed by atoms with Crippen molar-refractivity contribution in [2.24, 2.45) is 23.7 Å². The smallest absolute Gasteiger partial charge is 0.411 e. The lowest BCUT2D eigenvalue weighted by Crippen LogP contribution is -2.35. The van der Waals surface area contributed by atoms with Crippen molar-refractivity contribution < 1.29 is 19.0 Å². The predicted molar refractivity (Wildman–Crippen MR) is 83.4 cm³/mol.